The van der Waals surface area contributed by atoms with Gasteiger partial charge in [-0.15, -0.1) is 0 Å². The van der Waals surface area contributed by atoms with Gasteiger partial charge in [-0.05, 0) is 24.3 Å². The standard InChI is InChI=1S/C14H10ClNO5/c1-21-13-9(4-5-11(17)18)12(19)8-3-2-7(15)6-10(8)16-14(13)20/h2-6H,1H3,(H,16,20)(H,17,18)/b5-4+. The number of aromatic amines is 1. The Morgan fingerprint density at radius 2 is 2.10 bits per heavy atom. The van der Waals surface area contributed by atoms with E-state index in [2.05, 4.69) is 4.98 Å². The number of carbonyl (C=O) groups is 1. The number of hydrogen-bond donors (Lipinski definition) is 2. The lowest BCUT2D eigenvalue weighted by Gasteiger charge is -1.97. The topological polar surface area (TPSA) is 96.5 Å². The van der Waals surface area contributed by atoms with Crippen LogP contribution < -0.4 is 15.7 Å². The van der Waals surface area contributed by atoms with Gasteiger partial charge in [-0.1, -0.05) is 11.6 Å². The Labute approximate surface area is 123 Å². The Balaban J connectivity index is 2.99. The summed E-state index contributed by atoms with van der Waals surface area (Å²) in [6.07, 6.45) is 1.80. The highest BCUT2D eigenvalue weighted by Crippen LogP contribution is 2.17. The van der Waals surface area contributed by atoms with Crippen LogP contribution >= 0.6 is 11.6 Å². The van der Waals surface area contributed by atoms with Gasteiger partial charge in [0.1, 0.15) is 0 Å². The van der Waals surface area contributed by atoms with Crippen LogP contribution in [0.3, 0.4) is 0 Å². The average Bonchev–Trinajstić information content (AvgIpc) is 2.51. The third-order valence-corrected chi connectivity index (χ3v) is 3.00. The van der Waals surface area contributed by atoms with Gasteiger partial charge in [0.2, 0.25) is 0 Å². The number of ether oxygens (including phenoxy) is 1. The van der Waals surface area contributed by atoms with Crippen LogP contribution in [0.1, 0.15) is 5.56 Å². The molecule has 0 aliphatic rings. The average molecular weight is 308 g/mol. The minimum Gasteiger partial charge on any atom is -0.491 e. The molecule has 108 valence electrons. The third-order valence-electron chi connectivity index (χ3n) is 2.77. The van der Waals surface area contributed by atoms with Crippen molar-refractivity contribution in [2.45, 2.75) is 0 Å². The van der Waals surface area contributed by atoms with Gasteiger partial charge in [-0.2, -0.15) is 0 Å². The van der Waals surface area contributed by atoms with Gasteiger partial charge >= 0.3 is 5.97 Å². The molecule has 0 saturated heterocycles. The first kappa shape index (κ1) is 14.8. The quantitative estimate of drug-likeness (QED) is 0.840. The van der Waals surface area contributed by atoms with E-state index in [9.17, 15) is 14.4 Å². The van der Waals surface area contributed by atoms with Crippen molar-refractivity contribution in [2.24, 2.45) is 0 Å². The summed E-state index contributed by atoms with van der Waals surface area (Å²) in [5, 5.41) is 9.23. The van der Waals surface area contributed by atoms with Gasteiger partial charge in [0, 0.05) is 16.5 Å². The number of hydrogen-bond acceptors (Lipinski definition) is 4. The predicted octanol–water partition coefficient (Wildman–Crippen LogP) is 1.65. The number of aromatic nitrogens is 1. The molecule has 2 N–H and O–H groups in total. The van der Waals surface area contributed by atoms with Crippen LogP contribution in [0.4, 0.5) is 0 Å². The highest BCUT2D eigenvalue weighted by Gasteiger charge is 2.12. The number of halogens is 1. The molecule has 0 atom stereocenters. The molecule has 21 heavy (non-hydrogen) atoms. The summed E-state index contributed by atoms with van der Waals surface area (Å²) in [5.41, 5.74) is -1.09. The van der Waals surface area contributed by atoms with Crippen molar-refractivity contribution < 1.29 is 14.6 Å². The second kappa shape index (κ2) is 5.80. The van der Waals surface area contributed by atoms with Crippen LogP contribution in [0.25, 0.3) is 17.0 Å². The van der Waals surface area contributed by atoms with Crippen molar-refractivity contribution in [3.05, 3.63) is 55.4 Å². The maximum atomic E-state index is 12.5. The van der Waals surface area contributed by atoms with Crippen LogP contribution in [0.2, 0.25) is 5.02 Å². The minimum atomic E-state index is -1.24. The molecule has 0 aliphatic carbocycles. The summed E-state index contributed by atoms with van der Waals surface area (Å²) in [6, 6.07) is 4.39. The fourth-order valence-electron chi connectivity index (χ4n) is 1.88. The molecule has 6 nitrogen and oxygen atoms in total. The van der Waals surface area contributed by atoms with Crippen LogP contribution in [0, 0.1) is 0 Å². The van der Waals surface area contributed by atoms with E-state index < -0.39 is 17.0 Å². The fourth-order valence-corrected chi connectivity index (χ4v) is 2.05. The zero-order valence-corrected chi connectivity index (χ0v) is 11.6. The zero-order chi connectivity index (χ0) is 15.6. The largest absolute Gasteiger partial charge is 0.491 e. The summed E-state index contributed by atoms with van der Waals surface area (Å²) in [7, 11) is 1.22. The van der Waals surface area contributed by atoms with Gasteiger partial charge in [-0.3, -0.25) is 9.59 Å². The van der Waals surface area contributed by atoms with E-state index in [1.807, 2.05) is 0 Å². The first-order chi connectivity index (χ1) is 9.93. The highest BCUT2D eigenvalue weighted by molar-refractivity contribution is 6.31. The summed E-state index contributed by atoms with van der Waals surface area (Å²) >= 11 is 5.84. The highest BCUT2D eigenvalue weighted by atomic mass is 35.5. The predicted molar refractivity (Wildman–Crippen MR) is 79.1 cm³/mol. The van der Waals surface area contributed by atoms with Crippen molar-refractivity contribution in [2.75, 3.05) is 7.11 Å². The number of aliphatic carboxylic acids is 1. The van der Waals surface area contributed by atoms with Crippen molar-refractivity contribution in [3.8, 4) is 5.75 Å². The first-order valence-corrected chi connectivity index (χ1v) is 6.16. The molecule has 0 radical (unpaired) electrons. The molecule has 2 aromatic rings. The van der Waals surface area contributed by atoms with E-state index in [1.165, 1.54) is 25.3 Å². The lowest BCUT2D eigenvalue weighted by molar-refractivity contribution is -0.131. The van der Waals surface area contributed by atoms with E-state index in [0.717, 1.165) is 12.2 Å². The molecule has 1 aromatic carbocycles. The molecule has 0 aliphatic heterocycles. The van der Waals surface area contributed by atoms with Crippen molar-refractivity contribution >= 4 is 34.5 Å². The number of carboxylic acids is 1. The molecule has 0 fully saturated rings. The molecule has 0 unspecified atom stereocenters. The smallest absolute Gasteiger partial charge is 0.328 e. The Morgan fingerprint density at radius 1 is 1.38 bits per heavy atom. The van der Waals surface area contributed by atoms with Gasteiger partial charge in [-0.25, -0.2) is 4.79 Å². The maximum absolute atomic E-state index is 12.5. The molecule has 1 heterocycles. The SMILES string of the molecule is COc1c(/C=C/C(=O)O)c(=O)c2ccc(Cl)cc2[nH]c1=O. The first-order valence-electron chi connectivity index (χ1n) is 5.79. The van der Waals surface area contributed by atoms with Crippen molar-refractivity contribution in [1.29, 1.82) is 0 Å². The summed E-state index contributed by atoms with van der Waals surface area (Å²) in [5.74, 6) is -1.50. The van der Waals surface area contributed by atoms with Crippen LogP contribution in [0.5, 0.6) is 5.75 Å². The molecule has 1 aromatic heterocycles. The third kappa shape index (κ3) is 2.95. The van der Waals surface area contributed by atoms with Crippen LogP contribution in [-0.2, 0) is 4.79 Å². The Hall–Kier alpha value is -2.60. The normalized spacial score (nSPS) is 11.0. The number of H-pyrrole nitrogens is 1. The van der Waals surface area contributed by atoms with Gasteiger partial charge in [0.15, 0.2) is 11.2 Å². The van der Waals surface area contributed by atoms with Gasteiger partial charge in [0.25, 0.3) is 5.56 Å². The van der Waals surface area contributed by atoms with Crippen LogP contribution in [0.15, 0.2) is 33.9 Å². The van der Waals surface area contributed by atoms with E-state index in [-0.39, 0.29) is 22.2 Å². The minimum absolute atomic E-state index is 0.140. The second-order valence-electron chi connectivity index (χ2n) is 4.09. The number of fused-ring (bicyclic) bond motifs is 1. The van der Waals surface area contributed by atoms with Crippen LogP contribution in [-0.4, -0.2) is 23.2 Å². The zero-order valence-electron chi connectivity index (χ0n) is 10.8. The molecule has 0 amide bonds. The van der Waals surface area contributed by atoms with E-state index in [0.29, 0.717) is 5.02 Å². The van der Waals surface area contributed by atoms with Gasteiger partial charge < -0.3 is 14.8 Å². The molecule has 0 saturated carbocycles. The molecule has 2 rings (SSSR count). The Kier molecular flexibility index (Phi) is 4.09. The molecular formula is C14H10ClNO5. The summed E-state index contributed by atoms with van der Waals surface area (Å²) in [4.78, 5) is 37.6. The Morgan fingerprint density at radius 3 is 2.71 bits per heavy atom. The lowest BCUT2D eigenvalue weighted by Crippen LogP contribution is -2.10. The molecule has 0 bridgehead atoms. The second-order valence-corrected chi connectivity index (χ2v) is 4.53. The summed E-state index contributed by atoms with van der Waals surface area (Å²) < 4.78 is 4.93. The Bertz CT molecular complexity index is 869. The van der Waals surface area contributed by atoms with E-state index >= 15 is 0 Å². The number of rotatable bonds is 3. The molecule has 7 heteroatoms. The molecule has 0 spiro atoms. The molecular weight excluding hydrogens is 298 g/mol. The van der Waals surface area contributed by atoms with Crippen molar-refractivity contribution in [3.63, 3.8) is 0 Å². The van der Waals surface area contributed by atoms with Crippen molar-refractivity contribution in [1.82, 2.24) is 4.98 Å². The number of carboxylic acid groups (broad SMARTS) is 1. The monoisotopic (exact) mass is 307 g/mol. The van der Waals surface area contributed by atoms with E-state index in [4.69, 9.17) is 21.4 Å². The lowest BCUT2D eigenvalue weighted by atomic mass is 10.1. The maximum Gasteiger partial charge on any atom is 0.328 e. The summed E-state index contributed by atoms with van der Waals surface area (Å²) in [6.45, 7) is 0. The number of benzene rings is 1. The van der Waals surface area contributed by atoms with Gasteiger partial charge in [0.05, 0.1) is 18.2 Å². The number of nitrogens with one attached hydrogen (secondary N) is 1. The number of methoxy groups -OCH3 is 1. The fraction of sp³-hybridized carbons (Fsp3) is 0.0714. The van der Waals surface area contributed by atoms with E-state index in [1.54, 1.807) is 0 Å².